The van der Waals surface area contributed by atoms with Gasteiger partial charge in [0.1, 0.15) is 6.17 Å². The van der Waals surface area contributed by atoms with E-state index in [1.54, 1.807) is 4.90 Å². The number of hydrogen-bond acceptors (Lipinski definition) is 3. The lowest BCUT2D eigenvalue weighted by Crippen LogP contribution is -2.62. The molecule has 1 saturated heterocycles. The number of alkyl halides is 3. The van der Waals surface area contributed by atoms with Crippen LogP contribution in [0.3, 0.4) is 0 Å². The van der Waals surface area contributed by atoms with Crippen LogP contribution in [0.1, 0.15) is 15.9 Å². The van der Waals surface area contributed by atoms with Gasteiger partial charge in [-0.2, -0.15) is 13.2 Å². The molecule has 0 aromatic heterocycles. The Hall–Kier alpha value is -1.76. The minimum atomic E-state index is -4.46. The third-order valence-electron chi connectivity index (χ3n) is 3.41. The van der Waals surface area contributed by atoms with Crippen LogP contribution in [0.4, 0.5) is 18.9 Å². The molecule has 0 saturated carbocycles. The Morgan fingerprint density at radius 3 is 2.84 bits per heavy atom. The monoisotopic (exact) mass is 271 g/mol. The van der Waals surface area contributed by atoms with E-state index in [0.29, 0.717) is 19.6 Å². The summed E-state index contributed by atoms with van der Waals surface area (Å²) in [6.07, 6.45) is -4.88. The average molecular weight is 271 g/mol. The number of hydrogen-bond donors (Lipinski definition) is 2. The van der Waals surface area contributed by atoms with Gasteiger partial charge in [-0.05, 0) is 12.1 Å². The summed E-state index contributed by atoms with van der Waals surface area (Å²) in [5, 5.41) is 5.77. The Labute approximate surface area is 107 Å². The highest BCUT2D eigenvalue weighted by molar-refractivity contribution is 6.02. The number of carbonyl (C=O) groups is 1. The number of fused-ring (bicyclic) bond motifs is 3. The lowest BCUT2D eigenvalue weighted by Gasteiger charge is -2.43. The van der Waals surface area contributed by atoms with Crippen LogP contribution in [-0.4, -0.2) is 31.7 Å². The molecule has 7 heteroatoms. The molecule has 2 aliphatic rings. The molecule has 1 aromatic rings. The van der Waals surface area contributed by atoms with Crippen molar-refractivity contribution in [2.45, 2.75) is 12.3 Å². The van der Waals surface area contributed by atoms with Crippen LogP contribution < -0.4 is 15.5 Å². The second-order valence-electron chi connectivity index (χ2n) is 4.59. The van der Waals surface area contributed by atoms with Crippen molar-refractivity contribution in [2.24, 2.45) is 0 Å². The van der Waals surface area contributed by atoms with E-state index in [1.807, 2.05) is 0 Å². The topological polar surface area (TPSA) is 44.4 Å². The molecule has 4 nitrogen and oxygen atoms in total. The second-order valence-corrected chi connectivity index (χ2v) is 4.59. The Morgan fingerprint density at radius 1 is 1.32 bits per heavy atom. The van der Waals surface area contributed by atoms with Crippen LogP contribution in [0.2, 0.25) is 0 Å². The largest absolute Gasteiger partial charge is 0.418 e. The fourth-order valence-corrected chi connectivity index (χ4v) is 2.59. The number of carbonyl (C=O) groups excluding carboxylic acids is 1. The summed E-state index contributed by atoms with van der Waals surface area (Å²) in [6, 6.07) is 3.72. The van der Waals surface area contributed by atoms with Crippen LogP contribution in [0.15, 0.2) is 18.2 Å². The molecule has 0 aliphatic carbocycles. The number of halogens is 3. The van der Waals surface area contributed by atoms with Crippen molar-refractivity contribution in [3.05, 3.63) is 29.3 Å². The van der Waals surface area contributed by atoms with Crippen molar-refractivity contribution in [1.82, 2.24) is 10.6 Å². The minimum absolute atomic E-state index is 0.00486. The zero-order chi connectivity index (χ0) is 13.6. The van der Waals surface area contributed by atoms with Gasteiger partial charge in [0.2, 0.25) is 0 Å². The highest BCUT2D eigenvalue weighted by Gasteiger charge is 2.41. The number of amides is 1. The lowest BCUT2D eigenvalue weighted by atomic mass is 10.0. The molecule has 19 heavy (non-hydrogen) atoms. The third-order valence-corrected chi connectivity index (χ3v) is 3.41. The number of rotatable bonds is 0. The van der Waals surface area contributed by atoms with Gasteiger partial charge in [0, 0.05) is 19.6 Å². The van der Waals surface area contributed by atoms with E-state index in [9.17, 15) is 18.0 Å². The maximum absolute atomic E-state index is 13.1. The van der Waals surface area contributed by atoms with Gasteiger partial charge in [-0.15, -0.1) is 0 Å². The van der Waals surface area contributed by atoms with Crippen molar-refractivity contribution in [3.63, 3.8) is 0 Å². The molecule has 2 N–H and O–H groups in total. The zero-order valence-corrected chi connectivity index (χ0v) is 9.92. The maximum atomic E-state index is 13.1. The molecule has 0 radical (unpaired) electrons. The van der Waals surface area contributed by atoms with Crippen molar-refractivity contribution >= 4 is 11.6 Å². The summed E-state index contributed by atoms with van der Waals surface area (Å²) in [7, 11) is 0. The predicted octanol–water partition coefficient (Wildman–Crippen LogP) is 1.18. The molecule has 0 bridgehead atoms. The summed E-state index contributed by atoms with van der Waals surface area (Å²) in [4.78, 5) is 13.5. The van der Waals surface area contributed by atoms with E-state index in [-0.39, 0.29) is 11.3 Å². The molecule has 2 aliphatic heterocycles. The highest BCUT2D eigenvalue weighted by atomic mass is 19.4. The molecule has 1 atom stereocenters. The first-order chi connectivity index (χ1) is 8.98. The number of benzene rings is 1. The summed E-state index contributed by atoms with van der Waals surface area (Å²) in [6.45, 7) is 1.47. The van der Waals surface area contributed by atoms with Gasteiger partial charge in [-0.3, -0.25) is 4.79 Å². The predicted molar refractivity (Wildman–Crippen MR) is 62.9 cm³/mol. The second kappa shape index (κ2) is 4.12. The number of piperazine rings is 1. The molecule has 2 heterocycles. The Morgan fingerprint density at radius 2 is 2.11 bits per heavy atom. The molecular weight excluding hydrogens is 259 g/mol. The van der Waals surface area contributed by atoms with Crippen molar-refractivity contribution in [1.29, 1.82) is 0 Å². The Bertz CT molecular complexity index is 529. The van der Waals surface area contributed by atoms with Gasteiger partial charge in [-0.25, -0.2) is 0 Å². The SMILES string of the molecule is O=C1N[C@@H]2CNCCN2c2c1cccc2C(F)(F)F. The minimum Gasteiger partial charge on any atom is -0.348 e. The van der Waals surface area contributed by atoms with E-state index < -0.39 is 23.8 Å². The first-order valence-electron chi connectivity index (χ1n) is 5.97. The van der Waals surface area contributed by atoms with Crippen LogP contribution >= 0.6 is 0 Å². The van der Waals surface area contributed by atoms with E-state index >= 15 is 0 Å². The Kier molecular flexibility index (Phi) is 2.67. The molecular formula is C12H12F3N3O. The molecule has 0 spiro atoms. The summed E-state index contributed by atoms with van der Waals surface area (Å²) in [5.74, 6) is -0.453. The summed E-state index contributed by atoms with van der Waals surface area (Å²) in [5.41, 5.74) is -0.648. The first-order valence-corrected chi connectivity index (χ1v) is 5.97. The van der Waals surface area contributed by atoms with Gasteiger partial charge < -0.3 is 15.5 Å². The van der Waals surface area contributed by atoms with Crippen LogP contribution in [0.5, 0.6) is 0 Å². The van der Waals surface area contributed by atoms with Gasteiger partial charge in [0.15, 0.2) is 0 Å². The molecule has 1 fully saturated rings. The molecule has 3 rings (SSSR count). The fourth-order valence-electron chi connectivity index (χ4n) is 2.59. The van der Waals surface area contributed by atoms with Gasteiger partial charge in [0.25, 0.3) is 5.91 Å². The first kappa shape index (κ1) is 12.3. The summed E-state index contributed by atoms with van der Waals surface area (Å²) >= 11 is 0. The Balaban J connectivity index is 2.17. The van der Waals surface area contributed by atoms with E-state index in [0.717, 1.165) is 6.07 Å². The molecule has 0 unspecified atom stereocenters. The van der Waals surface area contributed by atoms with E-state index in [1.165, 1.54) is 12.1 Å². The van der Waals surface area contributed by atoms with Crippen LogP contribution in [0.25, 0.3) is 0 Å². The fraction of sp³-hybridized carbons (Fsp3) is 0.417. The number of anilines is 1. The van der Waals surface area contributed by atoms with Gasteiger partial charge in [0.05, 0.1) is 16.8 Å². The van der Waals surface area contributed by atoms with Crippen molar-refractivity contribution in [3.8, 4) is 0 Å². The molecule has 1 aromatic carbocycles. The van der Waals surface area contributed by atoms with E-state index in [4.69, 9.17) is 0 Å². The summed E-state index contributed by atoms with van der Waals surface area (Å²) < 4.78 is 39.3. The number of nitrogens with zero attached hydrogens (tertiary/aromatic N) is 1. The molecule has 102 valence electrons. The van der Waals surface area contributed by atoms with Crippen molar-refractivity contribution in [2.75, 3.05) is 24.5 Å². The van der Waals surface area contributed by atoms with Crippen molar-refractivity contribution < 1.29 is 18.0 Å². The lowest BCUT2D eigenvalue weighted by molar-refractivity contribution is -0.137. The average Bonchev–Trinajstić information content (AvgIpc) is 2.37. The normalized spacial score (nSPS) is 22.6. The van der Waals surface area contributed by atoms with Gasteiger partial charge in [-0.1, -0.05) is 6.07 Å². The zero-order valence-electron chi connectivity index (χ0n) is 9.92. The van der Waals surface area contributed by atoms with E-state index in [2.05, 4.69) is 10.6 Å². The molecule has 1 amide bonds. The smallest absolute Gasteiger partial charge is 0.348 e. The highest BCUT2D eigenvalue weighted by Crippen LogP contribution is 2.40. The standard InChI is InChI=1S/C12H12F3N3O/c13-12(14,15)8-3-1-2-7-10(8)18-5-4-16-6-9(18)17-11(7)19/h1-3,9,16H,4-6H2,(H,17,19)/t9-/m0/s1. The number of nitrogens with one attached hydrogen (secondary N) is 2. The quantitative estimate of drug-likeness (QED) is 0.745. The number of para-hydroxylation sites is 1. The maximum Gasteiger partial charge on any atom is 0.418 e. The van der Waals surface area contributed by atoms with Crippen LogP contribution in [-0.2, 0) is 6.18 Å². The van der Waals surface area contributed by atoms with Crippen LogP contribution in [0, 0.1) is 0 Å². The van der Waals surface area contributed by atoms with Gasteiger partial charge >= 0.3 is 6.18 Å². The third kappa shape index (κ3) is 1.94.